The van der Waals surface area contributed by atoms with E-state index in [1.165, 1.54) is 22.9 Å². The van der Waals surface area contributed by atoms with Crippen LogP contribution in [0.2, 0.25) is 10.2 Å². The van der Waals surface area contributed by atoms with Crippen LogP contribution in [0.5, 0.6) is 5.75 Å². The van der Waals surface area contributed by atoms with Gasteiger partial charge in [-0.15, -0.1) is 13.2 Å². The van der Waals surface area contributed by atoms with Gasteiger partial charge in [0.2, 0.25) is 0 Å². The van der Waals surface area contributed by atoms with Crippen LogP contribution in [0.15, 0.2) is 30.5 Å². The van der Waals surface area contributed by atoms with E-state index in [2.05, 4.69) is 4.74 Å². The molecule has 0 aliphatic carbocycles. The highest BCUT2D eigenvalue weighted by atomic mass is 35.5. The lowest BCUT2D eigenvalue weighted by Crippen LogP contribution is -2.17. The first-order chi connectivity index (χ1) is 9.31. The number of hydrogen-bond donors (Lipinski definition) is 0. The van der Waals surface area contributed by atoms with Crippen molar-refractivity contribution in [3.05, 3.63) is 46.2 Å². The molecule has 0 saturated heterocycles. The van der Waals surface area contributed by atoms with Gasteiger partial charge in [-0.05, 0) is 12.1 Å². The van der Waals surface area contributed by atoms with Crippen LogP contribution in [0.4, 0.5) is 13.2 Å². The van der Waals surface area contributed by atoms with Crippen LogP contribution in [-0.2, 0) is 0 Å². The number of rotatable bonds is 2. The lowest BCUT2D eigenvalue weighted by molar-refractivity contribution is -0.274. The van der Waals surface area contributed by atoms with Gasteiger partial charge in [0.25, 0.3) is 0 Å². The van der Waals surface area contributed by atoms with E-state index in [-0.39, 0.29) is 15.7 Å². The van der Waals surface area contributed by atoms with Crippen LogP contribution in [-0.4, -0.2) is 10.9 Å². The molecule has 1 heterocycles. The predicted octanol–water partition coefficient (Wildman–Crippen LogP) is 4.55. The number of hydrogen-bond acceptors (Lipinski definition) is 2. The van der Waals surface area contributed by atoms with Gasteiger partial charge in [0.05, 0.1) is 16.3 Å². The van der Waals surface area contributed by atoms with Crippen molar-refractivity contribution >= 4 is 23.2 Å². The van der Waals surface area contributed by atoms with Crippen LogP contribution in [0.1, 0.15) is 5.56 Å². The zero-order chi connectivity index (χ0) is 14.9. The third kappa shape index (κ3) is 3.00. The second-order valence-electron chi connectivity index (χ2n) is 3.67. The van der Waals surface area contributed by atoms with Crippen molar-refractivity contribution in [1.82, 2.24) is 4.57 Å². The fraction of sp³-hybridized carbons (Fsp3) is 0.0833. The first kappa shape index (κ1) is 14.6. The second kappa shape index (κ2) is 5.27. The number of halogens is 5. The van der Waals surface area contributed by atoms with Crippen molar-refractivity contribution in [2.75, 3.05) is 0 Å². The molecule has 20 heavy (non-hydrogen) atoms. The topological polar surface area (TPSA) is 38.0 Å². The first-order valence-corrected chi connectivity index (χ1v) is 5.90. The molecule has 1 aromatic carbocycles. The van der Waals surface area contributed by atoms with E-state index in [0.29, 0.717) is 5.69 Å². The molecule has 0 bridgehead atoms. The Hall–Kier alpha value is -1.84. The Morgan fingerprint density at radius 1 is 1.25 bits per heavy atom. The summed E-state index contributed by atoms with van der Waals surface area (Å²) in [4.78, 5) is 0. The van der Waals surface area contributed by atoms with Gasteiger partial charge in [-0.25, -0.2) is 0 Å². The summed E-state index contributed by atoms with van der Waals surface area (Å²) < 4.78 is 41.6. The van der Waals surface area contributed by atoms with Crippen molar-refractivity contribution in [2.24, 2.45) is 0 Å². The van der Waals surface area contributed by atoms with Gasteiger partial charge in [-0.2, -0.15) is 5.26 Å². The van der Waals surface area contributed by atoms with Crippen molar-refractivity contribution in [3.8, 4) is 17.5 Å². The Labute approximate surface area is 121 Å². The molecule has 104 valence electrons. The van der Waals surface area contributed by atoms with E-state index in [1.807, 2.05) is 6.07 Å². The molecule has 0 radical (unpaired) electrons. The van der Waals surface area contributed by atoms with Gasteiger partial charge < -0.3 is 9.30 Å². The summed E-state index contributed by atoms with van der Waals surface area (Å²) in [6.07, 6.45) is -3.45. The highest BCUT2D eigenvalue weighted by Crippen LogP contribution is 2.32. The Bertz CT molecular complexity index is 689. The highest BCUT2D eigenvalue weighted by molar-refractivity contribution is 6.42. The number of benzene rings is 1. The average molecular weight is 321 g/mol. The molecule has 0 aliphatic heterocycles. The maximum absolute atomic E-state index is 12.2. The fourth-order valence-corrected chi connectivity index (χ4v) is 1.99. The predicted molar refractivity (Wildman–Crippen MR) is 67.2 cm³/mol. The van der Waals surface area contributed by atoms with Crippen LogP contribution >= 0.6 is 23.2 Å². The molecule has 0 N–H and O–H groups in total. The maximum atomic E-state index is 12.2. The molecule has 0 saturated carbocycles. The molecular formula is C12H5Cl2F3N2O. The monoisotopic (exact) mass is 320 g/mol. The largest absolute Gasteiger partial charge is 0.573 e. The van der Waals surface area contributed by atoms with E-state index < -0.39 is 12.1 Å². The van der Waals surface area contributed by atoms with Crippen LogP contribution < -0.4 is 4.74 Å². The summed E-state index contributed by atoms with van der Waals surface area (Å²) in [7, 11) is 0. The summed E-state index contributed by atoms with van der Waals surface area (Å²) in [5.74, 6) is -0.394. The maximum Gasteiger partial charge on any atom is 0.573 e. The van der Waals surface area contributed by atoms with Crippen molar-refractivity contribution in [1.29, 1.82) is 5.26 Å². The van der Waals surface area contributed by atoms with Gasteiger partial charge in [0, 0.05) is 12.3 Å². The minimum absolute atomic E-state index is 0.0346. The molecule has 1 aromatic heterocycles. The molecule has 2 rings (SSSR count). The SMILES string of the molecule is N#Cc1cn(-c2cccc(OC(F)(F)F)c2)c(Cl)c1Cl. The first-order valence-electron chi connectivity index (χ1n) is 5.14. The standard InChI is InChI=1S/C12H5Cl2F3N2O/c13-10-7(5-18)6-19(11(10)14)8-2-1-3-9(4-8)20-12(15,16)17/h1-4,6H. The number of ether oxygens (including phenoxy) is 1. The molecule has 0 aliphatic rings. The van der Waals surface area contributed by atoms with E-state index in [0.717, 1.165) is 12.1 Å². The quantitative estimate of drug-likeness (QED) is 0.813. The molecule has 0 unspecified atom stereocenters. The van der Waals surface area contributed by atoms with E-state index in [1.54, 1.807) is 0 Å². The van der Waals surface area contributed by atoms with Gasteiger partial charge in [0.15, 0.2) is 0 Å². The van der Waals surface area contributed by atoms with Gasteiger partial charge in [0.1, 0.15) is 17.0 Å². The Kier molecular flexibility index (Phi) is 3.84. The van der Waals surface area contributed by atoms with Gasteiger partial charge in [-0.1, -0.05) is 29.3 Å². The van der Waals surface area contributed by atoms with Crippen LogP contribution in [0, 0.1) is 11.3 Å². The molecule has 8 heteroatoms. The number of nitrogens with zero attached hydrogens (tertiary/aromatic N) is 2. The minimum Gasteiger partial charge on any atom is -0.406 e. The van der Waals surface area contributed by atoms with Crippen molar-refractivity contribution in [2.45, 2.75) is 6.36 Å². The smallest absolute Gasteiger partial charge is 0.406 e. The molecule has 2 aromatic rings. The third-order valence-electron chi connectivity index (χ3n) is 2.34. The number of nitriles is 1. The van der Waals surface area contributed by atoms with Gasteiger partial charge in [-0.3, -0.25) is 0 Å². The Morgan fingerprint density at radius 3 is 2.50 bits per heavy atom. The molecular weight excluding hydrogens is 316 g/mol. The summed E-state index contributed by atoms with van der Waals surface area (Å²) in [6.45, 7) is 0. The van der Waals surface area contributed by atoms with Crippen LogP contribution in [0.25, 0.3) is 5.69 Å². The Morgan fingerprint density at radius 2 is 1.95 bits per heavy atom. The zero-order valence-corrected chi connectivity index (χ0v) is 11.1. The number of aromatic nitrogens is 1. The van der Waals surface area contributed by atoms with Crippen molar-refractivity contribution in [3.63, 3.8) is 0 Å². The molecule has 0 atom stereocenters. The minimum atomic E-state index is -4.78. The fourth-order valence-electron chi connectivity index (χ4n) is 1.56. The molecule has 0 spiro atoms. The average Bonchev–Trinajstić information content (AvgIpc) is 2.64. The highest BCUT2D eigenvalue weighted by Gasteiger charge is 2.31. The zero-order valence-electron chi connectivity index (χ0n) is 9.58. The normalized spacial score (nSPS) is 11.2. The lowest BCUT2D eigenvalue weighted by Gasteiger charge is -2.11. The van der Waals surface area contributed by atoms with E-state index in [4.69, 9.17) is 28.5 Å². The molecule has 0 amide bonds. The van der Waals surface area contributed by atoms with E-state index >= 15 is 0 Å². The molecule has 3 nitrogen and oxygen atoms in total. The summed E-state index contributed by atoms with van der Waals surface area (Å²) in [5, 5.41) is 8.90. The Balaban J connectivity index is 2.44. The van der Waals surface area contributed by atoms with Gasteiger partial charge >= 0.3 is 6.36 Å². The molecule has 0 fully saturated rings. The number of alkyl halides is 3. The summed E-state index contributed by atoms with van der Waals surface area (Å²) >= 11 is 11.8. The lowest BCUT2D eigenvalue weighted by atomic mass is 10.3. The van der Waals surface area contributed by atoms with Crippen LogP contribution in [0.3, 0.4) is 0 Å². The third-order valence-corrected chi connectivity index (χ3v) is 3.19. The second-order valence-corrected chi connectivity index (χ2v) is 4.41. The van der Waals surface area contributed by atoms with Crippen molar-refractivity contribution < 1.29 is 17.9 Å². The summed E-state index contributed by atoms with van der Waals surface area (Å²) in [6, 6.07) is 6.99. The summed E-state index contributed by atoms with van der Waals surface area (Å²) in [5.41, 5.74) is 0.416. The van der Waals surface area contributed by atoms with E-state index in [9.17, 15) is 13.2 Å².